The van der Waals surface area contributed by atoms with Crippen molar-refractivity contribution in [2.45, 2.75) is 59.8 Å². The molecule has 0 aromatic carbocycles. The minimum atomic E-state index is 0.942. The van der Waals surface area contributed by atoms with Gasteiger partial charge in [-0.2, -0.15) is 0 Å². The van der Waals surface area contributed by atoms with Crippen molar-refractivity contribution in [1.82, 2.24) is 0 Å². The van der Waals surface area contributed by atoms with Crippen LogP contribution in [-0.4, -0.2) is 43.9 Å². The lowest BCUT2D eigenvalue weighted by Crippen LogP contribution is -2.51. The van der Waals surface area contributed by atoms with E-state index in [-0.39, 0.29) is 0 Å². The highest BCUT2D eigenvalue weighted by atomic mass is 16.5. The first-order valence-corrected chi connectivity index (χ1v) is 7.67. The molecular weight excluding hydrogens is 210 g/mol. The second kappa shape index (κ2) is 11.0. The van der Waals surface area contributed by atoms with Crippen molar-refractivity contribution < 1.29 is 9.22 Å². The fourth-order valence-corrected chi connectivity index (χ4v) is 2.38. The minimum Gasteiger partial charge on any atom is -0.376 e. The number of quaternary nitrogens is 1. The molecule has 0 aromatic rings. The van der Waals surface area contributed by atoms with Crippen LogP contribution in [0.15, 0.2) is 0 Å². The Hall–Kier alpha value is -0.0800. The lowest BCUT2D eigenvalue weighted by atomic mass is 10.2. The van der Waals surface area contributed by atoms with E-state index in [0.717, 1.165) is 13.2 Å². The maximum absolute atomic E-state index is 5.74. The van der Waals surface area contributed by atoms with Crippen LogP contribution < -0.4 is 0 Å². The molecule has 0 saturated carbocycles. The van der Waals surface area contributed by atoms with Gasteiger partial charge in [0, 0.05) is 6.61 Å². The molecule has 0 aliphatic carbocycles. The zero-order valence-electron chi connectivity index (χ0n) is 12.6. The number of likely N-dealkylation sites (N-methyl/N-ethyl adjacent to an activating group) is 1. The molecule has 0 N–H and O–H groups in total. The predicted molar refractivity (Wildman–Crippen MR) is 76.3 cm³/mol. The number of ether oxygens (including phenoxy) is 1. The summed E-state index contributed by atoms with van der Waals surface area (Å²) in [6.07, 6.45) is 6.38. The number of hydrogen-bond acceptors (Lipinski definition) is 1. The van der Waals surface area contributed by atoms with Gasteiger partial charge in [0.25, 0.3) is 0 Å². The molecule has 0 heterocycles. The summed E-state index contributed by atoms with van der Waals surface area (Å²) in [6.45, 7) is 16.1. The van der Waals surface area contributed by atoms with E-state index >= 15 is 0 Å². The lowest BCUT2D eigenvalue weighted by molar-refractivity contribution is -0.927. The Bertz CT molecular complexity index is 161. The molecule has 0 fully saturated rings. The fourth-order valence-electron chi connectivity index (χ4n) is 2.38. The largest absolute Gasteiger partial charge is 0.376 e. The molecule has 0 saturated heterocycles. The van der Waals surface area contributed by atoms with Crippen molar-refractivity contribution >= 4 is 0 Å². The summed E-state index contributed by atoms with van der Waals surface area (Å²) in [5.74, 6) is 0. The highest BCUT2D eigenvalue weighted by Gasteiger charge is 2.23. The van der Waals surface area contributed by atoms with Crippen LogP contribution in [-0.2, 0) is 4.74 Å². The van der Waals surface area contributed by atoms with E-state index in [1.165, 1.54) is 62.8 Å². The fraction of sp³-hybridized carbons (Fsp3) is 1.00. The Labute approximate surface area is 109 Å². The monoisotopic (exact) mass is 244 g/mol. The van der Waals surface area contributed by atoms with Gasteiger partial charge in [-0.1, -0.05) is 33.6 Å². The average molecular weight is 244 g/mol. The van der Waals surface area contributed by atoms with Crippen LogP contribution in [0.4, 0.5) is 0 Å². The zero-order chi connectivity index (χ0) is 13.0. The Morgan fingerprint density at radius 3 is 1.94 bits per heavy atom. The van der Waals surface area contributed by atoms with Crippen LogP contribution in [0.1, 0.15) is 59.8 Å². The van der Waals surface area contributed by atoms with Gasteiger partial charge in [-0.15, -0.1) is 0 Å². The van der Waals surface area contributed by atoms with Crippen LogP contribution >= 0.6 is 0 Å². The predicted octanol–water partition coefficient (Wildman–Crippen LogP) is 3.85. The zero-order valence-corrected chi connectivity index (χ0v) is 12.6. The lowest BCUT2D eigenvalue weighted by Gasteiger charge is -2.37. The third-order valence-corrected chi connectivity index (χ3v) is 3.71. The van der Waals surface area contributed by atoms with Gasteiger partial charge in [-0.3, -0.25) is 0 Å². The SMILES string of the molecule is CCCCOCC[N+](CC)(CCC)CCCC. The van der Waals surface area contributed by atoms with E-state index in [9.17, 15) is 0 Å². The number of rotatable bonds is 12. The van der Waals surface area contributed by atoms with Gasteiger partial charge in [0.15, 0.2) is 0 Å². The third-order valence-electron chi connectivity index (χ3n) is 3.71. The molecule has 0 aliphatic heterocycles. The second-order valence-electron chi connectivity index (χ2n) is 5.15. The van der Waals surface area contributed by atoms with Crippen molar-refractivity contribution in [3.05, 3.63) is 0 Å². The summed E-state index contributed by atoms with van der Waals surface area (Å²) in [5.41, 5.74) is 0. The van der Waals surface area contributed by atoms with Gasteiger partial charge in [0.1, 0.15) is 6.54 Å². The summed E-state index contributed by atoms with van der Waals surface area (Å²) < 4.78 is 7.00. The van der Waals surface area contributed by atoms with Gasteiger partial charge >= 0.3 is 0 Å². The van der Waals surface area contributed by atoms with Gasteiger partial charge in [0.2, 0.25) is 0 Å². The smallest absolute Gasteiger partial charge is 0.102 e. The molecule has 0 aliphatic rings. The first-order chi connectivity index (χ1) is 8.24. The van der Waals surface area contributed by atoms with Crippen LogP contribution in [0.25, 0.3) is 0 Å². The first-order valence-electron chi connectivity index (χ1n) is 7.67. The summed E-state index contributed by atoms with van der Waals surface area (Å²) in [7, 11) is 0. The van der Waals surface area contributed by atoms with Gasteiger partial charge in [-0.25, -0.2) is 0 Å². The van der Waals surface area contributed by atoms with Crippen LogP contribution in [0.2, 0.25) is 0 Å². The van der Waals surface area contributed by atoms with Crippen LogP contribution in [0.3, 0.4) is 0 Å². The molecule has 2 heteroatoms. The molecule has 0 amide bonds. The average Bonchev–Trinajstić information content (AvgIpc) is 2.35. The minimum absolute atomic E-state index is 0.942. The van der Waals surface area contributed by atoms with E-state index < -0.39 is 0 Å². The third kappa shape index (κ3) is 7.77. The molecular formula is C15H34NO+. The van der Waals surface area contributed by atoms with E-state index in [1.807, 2.05) is 0 Å². The van der Waals surface area contributed by atoms with Crippen LogP contribution in [0, 0.1) is 0 Å². The molecule has 104 valence electrons. The Morgan fingerprint density at radius 1 is 0.706 bits per heavy atom. The normalized spacial score (nSPS) is 14.8. The second-order valence-corrected chi connectivity index (χ2v) is 5.15. The summed E-state index contributed by atoms with van der Waals surface area (Å²) >= 11 is 0. The van der Waals surface area contributed by atoms with Crippen LogP contribution in [0.5, 0.6) is 0 Å². The standard InChI is InChI=1S/C15H34NO/c1-5-9-12-16(8-4,11-7-3)13-15-17-14-10-6-2/h5-15H2,1-4H3/q+1. The summed E-state index contributed by atoms with van der Waals surface area (Å²) in [6, 6.07) is 0. The van der Waals surface area contributed by atoms with E-state index in [2.05, 4.69) is 27.7 Å². The highest BCUT2D eigenvalue weighted by Crippen LogP contribution is 2.11. The Balaban J connectivity index is 3.97. The number of unbranched alkanes of at least 4 members (excludes halogenated alkanes) is 2. The van der Waals surface area contributed by atoms with E-state index in [4.69, 9.17) is 4.74 Å². The molecule has 2 nitrogen and oxygen atoms in total. The topological polar surface area (TPSA) is 9.23 Å². The van der Waals surface area contributed by atoms with E-state index in [0.29, 0.717) is 0 Å². The van der Waals surface area contributed by atoms with Crippen molar-refractivity contribution in [2.75, 3.05) is 39.4 Å². The molecule has 0 spiro atoms. The van der Waals surface area contributed by atoms with Crippen molar-refractivity contribution in [2.24, 2.45) is 0 Å². The highest BCUT2D eigenvalue weighted by molar-refractivity contribution is 4.45. The Kier molecular flexibility index (Phi) is 11.0. The summed E-state index contributed by atoms with van der Waals surface area (Å²) in [5, 5.41) is 0. The maximum Gasteiger partial charge on any atom is 0.102 e. The van der Waals surface area contributed by atoms with Crippen molar-refractivity contribution in [1.29, 1.82) is 0 Å². The van der Waals surface area contributed by atoms with Crippen molar-refractivity contribution in [3.63, 3.8) is 0 Å². The molecule has 0 radical (unpaired) electrons. The van der Waals surface area contributed by atoms with Gasteiger partial charge < -0.3 is 9.22 Å². The van der Waals surface area contributed by atoms with Gasteiger partial charge in [0.05, 0.1) is 26.2 Å². The maximum atomic E-state index is 5.74. The molecule has 17 heavy (non-hydrogen) atoms. The Morgan fingerprint density at radius 2 is 1.41 bits per heavy atom. The molecule has 0 aromatic heterocycles. The molecule has 0 bridgehead atoms. The summed E-state index contributed by atoms with van der Waals surface area (Å²) in [4.78, 5) is 0. The van der Waals surface area contributed by atoms with Gasteiger partial charge in [-0.05, 0) is 26.2 Å². The van der Waals surface area contributed by atoms with E-state index in [1.54, 1.807) is 0 Å². The van der Waals surface area contributed by atoms with Crippen molar-refractivity contribution in [3.8, 4) is 0 Å². The molecule has 0 rings (SSSR count). The molecule has 1 unspecified atom stereocenters. The number of nitrogens with zero attached hydrogens (tertiary/aromatic N) is 1. The quantitative estimate of drug-likeness (QED) is 0.374. The molecule has 1 atom stereocenters. The number of hydrogen-bond donors (Lipinski definition) is 0. The first kappa shape index (κ1) is 16.9.